The molecule has 0 saturated carbocycles. The fraction of sp³-hybridized carbons (Fsp3) is 0.125. The van der Waals surface area contributed by atoms with E-state index in [1.54, 1.807) is 57.9 Å². The summed E-state index contributed by atoms with van der Waals surface area (Å²) in [5.41, 5.74) is 4.73. The van der Waals surface area contributed by atoms with Crippen molar-refractivity contribution in [2.24, 2.45) is 0 Å². The molecular weight excluding hydrogens is 635 g/mol. The van der Waals surface area contributed by atoms with E-state index in [2.05, 4.69) is 22.3 Å². The summed E-state index contributed by atoms with van der Waals surface area (Å²) in [7, 11) is 0. The highest BCUT2D eigenvalue weighted by atomic mass is 35.5. The van der Waals surface area contributed by atoms with E-state index in [1.165, 1.54) is 36.5 Å². The van der Waals surface area contributed by atoms with Crippen molar-refractivity contribution in [3.63, 3.8) is 0 Å². The monoisotopic (exact) mass is 654 g/mol. The summed E-state index contributed by atoms with van der Waals surface area (Å²) in [5, 5.41) is 31.6. The summed E-state index contributed by atoms with van der Waals surface area (Å²) >= 11 is 15.2. The lowest BCUT2D eigenvalue weighted by Crippen LogP contribution is -2.01. The van der Waals surface area contributed by atoms with Crippen molar-refractivity contribution in [1.29, 1.82) is 10.5 Å². The number of aromatic nitrogens is 4. The van der Waals surface area contributed by atoms with Gasteiger partial charge in [-0.05, 0) is 73.5 Å². The van der Waals surface area contributed by atoms with E-state index >= 15 is 0 Å². The van der Waals surface area contributed by atoms with Crippen LogP contribution in [0.25, 0.3) is 41.9 Å². The first-order valence-electron chi connectivity index (χ1n) is 13.2. The average molecular weight is 656 g/mol. The number of Topliss-reactive ketones (excluding diaryl/α,β-unsaturated/α-hetero) is 2. The van der Waals surface area contributed by atoms with Crippen molar-refractivity contribution in [2.75, 3.05) is 0 Å². The smallest absolute Gasteiger partial charge is 0.181 e. The Morgan fingerprint density at radius 2 is 1.07 bits per heavy atom. The topological polar surface area (TPSA) is 117 Å². The van der Waals surface area contributed by atoms with E-state index in [-0.39, 0.29) is 34.1 Å². The Labute approximate surface area is 269 Å². The predicted octanol–water partition coefficient (Wildman–Crippen LogP) is 8.74. The highest BCUT2D eigenvalue weighted by molar-refractivity contribution is 7.41. The Morgan fingerprint density at radius 3 is 1.36 bits per heavy atom. The number of nitriles is 2. The van der Waals surface area contributed by atoms with E-state index in [0.29, 0.717) is 32.8 Å². The maximum absolute atomic E-state index is 12.5. The number of fused-ring (bicyclic) bond motifs is 1. The van der Waals surface area contributed by atoms with Crippen LogP contribution in [-0.4, -0.2) is 31.1 Å². The fourth-order valence-corrected chi connectivity index (χ4v) is 8.41. The van der Waals surface area contributed by atoms with Gasteiger partial charge in [-0.2, -0.15) is 20.7 Å². The third kappa shape index (κ3) is 4.64. The van der Waals surface area contributed by atoms with Crippen molar-refractivity contribution in [1.82, 2.24) is 19.6 Å². The molecule has 44 heavy (non-hydrogen) atoms. The molecule has 0 unspecified atom stereocenters. The Balaban J connectivity index is 1.61. The molecule has 6 aromatic rings. The highest BCUT2D eigenvalue weighted by Gasteiger charge is 2.30. The predicted molar refractivity (Wildman–Crippen MR) is 174 cm³/mol. The zero-order valence-corrected chi connectivity index (χ0v) is 26.8. The number of benzene rings is 2. The Morgan fingerprint density at radius 1 is 0.705 bits per heavy atom. The third-order valence-electron chi connectivity index (χ3n) is 7.26. The average Bonchev–Trinajstić information content (AvgIpc) is 3.73. The first-order valence-corrected chi connectivity index (χ1v) is 15.6. The number of carbonyl (C=O) groups excluding carboxylic acids is 2. The van der Waals surface area contributed by atoms with E-state index in [4.69, 9.17) is 23.2 Å². The minimum absolute atomic E-state index is 0.0910. The van der Waals surface area contributed by atoms with Gasteiger partial charge >= 0.3 is 0 Å². The standard InChI is InChI=1S/C32H20Cl2N6O2S2/c1-15-25-16(2)31(29-24(14-36)27(18(4)42)38-40(29)22-11-7-20(34)8-12-22)44-32(25)43-30(15)28-23(13-35)26(17(3)41)37-39(28)21-9-5-19(33)6-10-21/h5-12H,1-4H3. The van der Waals surface area contributed by atoms with E-state index < -0.39 is 0 Å². The van der Waals surface area contributed by atoms with Gasteiger partial charge in [0.1, 0.15) is 46.0 Å². The van der Waals surface area contributed by atoms with Crippen LogP contribution in [0.3, 0.4) is 0 Å². The molecule has 0 radical (unpaired) electrons. The lowest BCUT2D eigenvalue weighted by atomic mass is 10.0. The molecule has 12 heteroatoms. The number of halogens is 2. The van der Waals surface area contributed by atoms with Crippen LogP contribution in [0.5, 0.6) is 0 Å². The fourth-order valence-electron chi connectivity index (χ4n) is 5.23. The second-order valence-corrected chi connectivity index (χ2v) is 13.2. The molecule has 4 heterocycles. The number of rotatable bonds is 6. The molecular formula is C32H20Cl2N6O2S2. The zero-order valence-electron chi connectivity index (χ0n) is 23.7. The van der Waals surface area contributed by atoms with Gasteiger partial charge in [0, 0.05) is 29.3 Å². The molecule has 0 aliphatic carbocycles. The van der Waals surface area contributed by atoms with Gasteiger partial charge in [0.15, 0.2) is 11.6 Å². The molecule has 0 aliphatic heterocycles. The molecule has 6 rings (SSSR count). The number of ketones is 2. The molecule has 0 spiro atoms. The van der Waals surface area contributed by atoms with Crippen molar-refractivity contribution in [2.45, 2.75) is 27.7 Å². The normalized spacial score (nSPS) is 11.1. The SMILES string of the molecule is CC(=O)c1nn(-c2ccc(Cl)cc2)c(-c2sc3sc(-c4c(C#N)c(C(C)=O)nn4-c4ccc(Cl)cc4)c(C)c3c2C)c1C#N. The molecule has 8 nitrogen and oxygen atoms in total. The van der Waals surface area contributed by atoms with Gasteiger partial charge in [-0.15, -0.1) is 22.7 Å². The van der Waals surface area contributed by atoms with Gasteiger partial charge < -0.3 is 0 Å². The van der Waals surface area contributed by atoms with Crippen molar-refractivity contribution >= 4 is 66.8 Å². The van der Waals surface area contributed by atoms with E-state index in [0.717, 1.165) is 30.3 Å². The summed E-state index contributed by atoms with van der Waals surface area (Å²) < 4.78 is 4.18. The zero-order chi connectivity index (χ0) is 31.4. The number of nitrogens with zero attached hydrogens (tertiary/aromatic N) is 6. The van der Waals surface area contributed by atoms with E-state index in [1.807, 2.05) is 13.8 Å². The van der Waals surface area contributed by atoms with Crippen LogP contribution in [0.15, 0.2) is 48.5 Å². The summed E-state index contributed by atoms with van der Waals surface area (Å²) in [4.78, 5) is 26.7. The van der Waals surface area contributed by atoms with Crippen LogP contribution in [-0.2, 0) is 0 Å². The molecule has 0 amide bonds. The second-order valence-electron chi connectivity index (χ2n) is 10.0. The molecule has 4 aromatic heterocycles. The Bertz CT molecular complexity index is 2090. The van der Waals surface area contributed by atoms with Crippen LogP contribution in [0.4, 0.5) is 0 Å². The van der Waals surface area contributed by atoms with Crippen LogP contribution < -0.4 is 0 Å². The Kier molecular flexibility index (Phi) is 7.48. The van der Waals surface area contributed by atoms with Crippen molar-refractivity contribution < 1.29 is 9.59 Å². The summed E-state index contributed by atoms with van der Waals surface area (Å²) in [6.07, 6.45) is 0. The number of carbonyl (C=O) groups is 2. The molecule has 0 N–H and O–H groups in total. The lowest BCUT2D eigenvalue weighted by molar-refractivity contribution is 0.0999. The molecule has 0 atom stereocenters. The van der Waals surface area contributed by atoms with E-state index in [9.17, 15) is 20.1 Å². The number of hydrogen-bond donors (Lipinski definition) is 0. The van der Waals surface area contributed by atoms with Crippen LogP contribution >= 0.6 is 45.9 Å². The van der Waals surface area contributed by atoms with Crippen LogP contribution in [0, 0.1) is 36.5 Å². The number of thiophene rings is 2. The largest absolute Gasteiger partial charge is 0.293 e. The van der Waals surface area contributed by atoms with Gasteiger partial charge in [0.2, 0.25) is 0 Å². The third-order valence-corrected chi connectivity index (χ3v) is 10.4. The van der Waals surface area contributed by atoms with Crippen molar-refractivity contribution in [3.8, 4) is 44.7 Å². The summed E-state index contributed by atoms with van der Waals surface area (Å²) in [6, 6.07) is 18.5. The van der Waals surface area contributed by atoms with Gasteiger partial charge in [-0.25, -0.2) is 9.36 Å². The number of hydrogen-bond acceptors (Lipinski definition) is 8. The molecule has 0 aliphatic rings. The summed E-state index contributed by atoms with van der Waals surface area (Å²) in [5.74, 6) is -0.628. The lowest BCUT2D eigenvalue weighted by Gasteiger charge is -2.09. The quantitative estimate of drug-likeness (QED) is 0.166. The summed E-state index contributed by atoms with van der Waals surface area (Å²) in [6.45, 7) is 6.71. The maximum Gasteiger partial charge on any atom is 0.181 e. The molecule has 2 aromatic carbocycles. The van der Waals surface area contributed by atoms with Gasteiger partial charge in [-0.1, -0.05) is 23.2 Å². The maximum atomic E-state index is 12.5. The molecule has 0 fully saturated rings. The minimum Gasteiger partial charge on any atom is -0.293 e. The first-order chi connectivity index (χ1) is 21.0. The van der Waals surface area contributed by atoms with Gasteiger partial charge in [0.25, 0.3) is 0 Å². The van der Waals surface area contributed by atoms with Crippen molar-refractivity contribution in [3.05, 3.63) is 92.2 Å². The minimum atomic E-state index is -0.314. The van der Waals surface area contributed by atoms with Crippen LogP contribution in [0.1, 0.15) is 57.1 Å². The van der Waals surface area contributed by atoms with Gasteiger partial charge in [-0.3, -0.25) is 9.59 Å². The molecule has 0 bridgehead atoms. The molecule has 216 valence electrons. The first kappa shape index (κ1) is 29.5. The van der Waals surface area contributed by atoms with Gasteiger partial charge in [0.05, 0.1) is 25.1 Å². The second kappa shape index (κ2) is 11.2. The van der Waals surface area contributed by atoms with Crippen LogP contribution in [0.2, 0.25) is 10.0 Å². The Hall–Kier alpha value is -4.58. The highest BCUT2D eigenvalue weighted by Crippen LogP contribution is 2.50. The molecule has 0 saturated heterocycles. The number of aryl methyl sites for hydroxylation is 2.